The van der Waals surface area contributed by atoms with Crippen molar-refractivity contribution in [3.05, 3.63) is 24.3 Å². The topological polar surface area (TPSA) is 105 Å². The quantitative estimate of drug-likeness (QED) is 0.754. The standard InChI is InChI=1S/C17H25N3O6S/c1-4-26-17(22)20-11-9-19(10-12-20)16(21)13(2)18-27(23,24)15-7-5-14(25-3)6-8-15/h5-8,13,18H,4,9-12H2,1-3H3/t13-/m1/s1. The van der Waals surface area contributed by atoms with Gasteiger partial charge in [0, 0.05) is 26.2 Å². The van der Waals surface area contributed by atoms with Crippen molar-refractivity contribution in [2.45, 2.75) is 24.8 Å². The van der Waals surface area contributed by atoms with Gasteiger partial charge in [-0.05, 0) is 38.1 Å². The molecular formula is C17H25N3O6S. The highest BCUT2D eigenvalue weighted by Crippen LogP contribution is 2.16. The van der Waals surface area contributed by atoms with Gasteiger partial charge in [0.1, 0.15) is 5.75 Å². The first kappa shape index (κ1) is 21.0. The van der Waals surface area contributed by atoms with Crippen LogP contribution >= 0.6 is 0 Å². The van der Waals surface area contributed by atoms with E-state index in [-0.39, 0.29) is 10.8 Å². The van der Waals surface area contributed by atoms with Gasteiger partial charge in [0.05, 0.1) is 24.7 Å². The van der Waals surface area contributed by atoms with E-state index < -0.39 is 22.2 Å². The van der Waals surface area contributed by atoms with Crippen molar-refractivity contribution < 1.29 is 27.5 Å². The molecule has 0 bridgehead atoms. The molecule has 1 N–H and O–H groups in total. The van der Waals surface area contributed by atoms with Crippen molar-refractivity contribution in [1.82, 2.24) is 14.5 Å². The second-order valence-electron chi connectivity index (χ2n) is 6.03. The van der Waals surface area contributed by atoms with Crippen LogP contribution in [0.2, 0.25) is 0 Å². The molecule has 0 aliphatic carbocycles. The summed E-state index contributed by atoms with van der Waals surface area (Å²) in [7, 11) is -2.35. The van der Waals surface area contributed by atoms with Crippen molar-refractivity contribution in [2.75, 3.05) is 39.9 Å². The second-order valence-corrected chi connectivity index (χ2v) is 7.74. The van der Waals surface area contributed by atoms with E-state index in [2.05, 4.69) is 4.72 Å². The Morgan fingerprint density at radius 2 is 1.67 bits per heavy atom. The van der Waals surface area contributed by atoms with Crippen molar-refractivity contribution in [3.8, 4) is 5.75 Å². The van der Waals surface area contributed by atoms with Crippen LogP contribution in [0, 0.1) is 0 Å². The molecule has 10 heteroatoms. The van der Waals surface area contributed by atoms with E-state index in [4.69, 9.17) is 9.47 Å². The zero-order valence-corrected chi connectivity index (χ0v) is 16.5. The Kier molecular flexibility index (Phi) is 7.03. The van der Waals surface area contributed by atoms with Gasteiger partial charge in [-0.3, -0.25) is 4.79 Å². The van der Waals surface area contributed by atoms with Crippen LogP contribution in [0.25, 0.3) is 0 Å². The largest absolute Gasteiger partial charge is 0.497 e. The molecule has 1 atom stereocenters. The molecule has 1 aliphatic heterocycles. The average molecular weight is 399 g/mol. The molecule has 150 valence electrons. The Balaban J connectivity index is 1.94. The summed E-state index contributed by atoms with van der Waals surface area (Å²) in [5.74, 6) is 0.202. The van der Waals surface area contributed by atoms with Crippen LogP contribution in [0.5, 0.6) is 5.75 Å². The summed E-state index contributed by atoms with van der Waals surface area (Å²) in [6, 6.07) is 4.98. The fourth-order valence-corrected chi connectivity index (χ4v) is 3.90. The third-order valence-electron chi connectivity index (χ3n) is 4.19. The van der Waals surface area contributed by atoms with Gasteiger partial charge < -0.3 is 19.3 Å². The van der Waals surface area contributed by atoms with Gasteiger partial charge in [-0.1, -0.05) is 0 Å². The number of sulfonamides is 1. The number of nitrogens with one attached hydrogen (secondary N) is 1. The van der Waals surface area contributed by atoms with Crippen LogP contribution < -0.4 is 9.46 Å². The van der Waals surface area contributed by atoms with Crippen LogP contribution in [0.3, 0.4) is 0 Å². The molecule has 1 fully saturated rings. The lowest BCUT2D eigenvalue weighted by Crippen LogP contribution is -2.55. The first-order valence-corrected chi connectivity index (χ1v) is 10.1. The Morgan fingerprint density at radius 3 is 2.19 bits per heavy atom. The molecule has 2 amide bonds. The third-order valence-corrected chi connectivity index (χ3v) is 5.75. The minimum Gasteiger partial charge on any atom is -0.497 e. The number of ether oxygens (including phenoxy) is 2. The Hall–Kier alpha value is -2.33. The van der Waals surface area contributed by atoms with E-state index >= 15 is 0 Å². The second kappa shape index (κ2) is 9.05. The summed E-state index contributed by atoms with van der Waals surface area (Å²) in [6.45, 7) is 4.88. The number of carbonyl (C=O) groups is 2. The van der Waals surface area contributed by atoms with Gasteiger partial charge in [-0.2, -0.15) is 4.72 Å². The van der Waals surface area contributed by atoms with Gasteiger partial charge in [0.15, 0.2) is 0 Å². The number of hydrogen-bond acceptors (Lipinski definition) is 6. The molecule has 2 rings (SSSR count). The normalized spacial score (nSPS) is 16.0. The Morgan fingerprint density at radius 1 is 1.11 bits per heavy atom. The molecule has 0 saturated carbocycles. The van der Waals surface area contributed by atoms with Crippen LogP contribution in [0.4, 0.5) is 4.79 Å². The Labute approximate surface area is 159 Å². The fourth-order valence-electron chi connectivity index (χ4n) is 2.70. The highest BCUT2D eigenvalue weighted by Gasteiger charge is 2.29. The number of carbonyl (C=O) groups excluding carboxylic acids is 2. The fraction of sp³-hybridized carbons (Fsp3) is 0.529. The number of rotatable bonds is 6. The summed E-state index contributed by atoms with van der Waals surface area (Å²) in [5.41, 5.74) is 0. The summed E-state index contributed by atoms with van der Waals surface area (Å²) < 4.78 is 37.2. The Bertz CT molecular complexity index is 757. The number of piperazine rings is 1. The number of amides is 2. The van der Waals surface area contributed by atoms with E-state index in [9.17, 15) is 18.0 Å². The van der Waals surface area contributed by atoms with Gasteiger partial charge in [-0.15, -0.1) is 0 Å². The molecule has 0 aromatic heterocycles. The number of hydrogen-bond donors (Lipinski definition) is 1. The molecule has 1 aromatic rings. The summed E-state index contributed by atoms with van der Waals surface area (Å²) >= 11 is 0. The van der Waals surface area contributed by atoms with Crippen molar-refractivity contribution in [1.29, 1.82) is 0 Å². The van der Waals surface area contributed by atoms with E-state index in [1.807, 2.05) is 0 Å². The van der Waals surface area contributed by atoms with Crippen LogP contribution in [0.15, 0.2) is 29.2 Å². The van der Waals surface area contributed by atoms with Crippen LogP contribution in [0.1, 0.15) is 13.8 Å². The SMILES string of the molecule is CCOC(=O)N1CCN(C(=O)[C@@H](C)NS(=O)(=O)c2ccc(OC)cc2)CC1. The molecule has 0 spiro atoms. The molecular weight excluding hydrogens is 374 g/mol. The first-order chi connectivity index (χ1) is 12.8. The predicted molar refractivity (Wildman–Crippen MR) is 98.0 cm³/mol. The van der Waals surface area contributed by atoms with Gasteiger partial charge in [0.2, 0.25) is 15.9 Å². The lowest BCUT2D eigenvalue weighted by molar-refractivity contribution is -0.134. The highest BCUT2D eigenvalue weighted by molar-refractivity contribution is 7.89. The van der Waals surface area contributed by atoms with Gasteiger partial charge in [-0.25, -0.2) is 13.2 Å². The summed E-state index contributed by atoms with van der Waals surface area (Å²) in [4.78, 5) is 27.4. The smallest absolute Gasteiger partial charge is 0.409 e. The zero-order chi connectivity index (χ0) is 20.0. The maximum Gasteiger partial charge on any atom is 0.409 e. The molecule has 0 unspecified atom stereocenters. The van der Waals surface area contributed by atoms with Crippen molar-refractivity contribution in [2.24, 2.45) is 0 Å². The highest BCUT2D eigenvalue weighted by atomic mass is 32.2. The van der Waals surface area contributed by atoms with E-state index in [1.165, 1.54) is 48.1 Å². The maximum atomic E-state index is 12.6. The molecule has 9 nitrogen and oxygen atoms in total. The van der Waals surface area contributed by atoms with Crippen molar-refractivity contribution >= 4 is 22.0 Å². The lowest BCUT2D eigenvalue weighted by atomic mass is 10.2. The molecule has 1 saturated heterocycles. The third kappa shape index (κ3) is 5.33. The number of nitrogens with zero attached hydrogens (tertiary/aromatic N) is 2. The molecule has 27 heavy (non-hydrogen) atoms. The minimum atomic E-state index is -3.84. The first-order valence-electron chi connectivity index (χ1n) is 8.65. The average Bonchev–Trinajstić information content (AvgIpc) is 2.67. The van der Waals surface area contributed by atoms with Gasteiger partial charge >= 0.3 is 6.09 Å². The molecule has 1 heterocycles. The van der Waals surface area contributed by atoms with Crippen molar-refractivity contribution in [3.63, 3.8) is 0 Å². The van der Waals surface area contributed by atoms with Crippen LogP contribution in [-0.4, -0.2) is 76.2 Å². The van der Waals surface area contributed by atoms with E-state index in [1.54, 1.807) is 6.92 Å². The monoisotopic (exact) mass is 399 g/mol. The predicted octanol–water partition coefficient (Wildman–Crippen LogP) is 0.663. The zero-order valence-electron chi connectivity index (χ0n) is 15.7. The maximum absolute atomic E-state index is 12.6. The molecule has 1 aliphatic rings. The molecule has 0 radical (unpaired) electrons. The van der Waals surface area contributed by atoms with Gasteiger partial charge in [0.25, 0.3) is 0 Å². The summed E-state index contributed by atoms with van der Waals surface area (Å²) in [6.07, 6.45) is -0.405. The van der Waals surface area contributed by atoms with E-state index in [0.29, 0.717) is 38.5 Å². The minimum absolute atomic E-state index is 0.0510. The van der Waals surface area contributed by atoms with Crippen LogP contribution in [-0.2, 0) is 19.6 Å². The summed E-state index contributed by atoms with van der Waals surface area (Å²) in [5, 5.41) is 0. The number of benzene rings is 1. The molecule has 1 aromatic carbocycles. The van der Waals surface area contributed by atoms with E-state index in [0.717, 1.165) is 0 Å². The number of methoxy groups -OCH3 is 1. The lowest BCUT2D eigenvalue weighted by Gasteiger charge is -2.35.